The molecule has 0 aliphatic carbocycles. The van der Waals surface area contributed by atoms with Gasteiger partial charge in [-0.3, -0.25) is 4.79 Å². The van der Waals surface area contributed by atoms with Gasteiger partial charge < -0.3 is 4.74 Å². The van der Waals surface area contributed by atoms with Crippen molar-refractivity contribution in [3.05, 3.63) is 112 Å². The van der Waals surface area contributed by atoms with Crippen LogP contribution < -0.4 is 5.56 Å². The van der Waals surface area contributed by atoms with Gasteiger partial charge in [0, 0.05) is 17.7 Å². The first-order valence-electron chi connectivity index (χ1n) is 11.2. The highest BCUT2D eigenvalue weighted by molar-refractivity contribution is 6.00. The number of aromatic nitrogens is 2. The van der Waals surface area contributed by atoms with Crippen molar-refractivity contribution in [2.45, 2.75) is 26.3 Å². The average Bonchev–Trinajstić information content (AvgIpc) is 2.86. The van der Waals surface area contributed by atoms with Crippen molar-refractivity contribution in [3.8, 4) is 22.4 Å². The van der Waals surface area contributed by atoms with Crippen molar-refractivity contribution in [3.63, 3.8) is 0 Å². The van der Waals surface area contributed by atoms with E-state index in [0.29, 0.717) is 17.8 Å². The van der Waals surface area contributed by atoms with E-state index in [1.165, 1.54) is 10.2 Å². The van der Waals surface area contributed by atoms with E-state index in [9.17, 15) is 9.59 Å². The van der Waals surface area contributed by atoms with E-state index in [1.807, 2.05) is 78.9 Å². The largest absolute Gasteiger partial charge is 0.462 e. The predicted octanol–water partition coefficient (Wildman–Crippen LogP) is 5.39. The molecule has 5 nitrogen and oxygen atoms in total. The number of benzene rings is 3. The molecule has 0 atom stereocenters. The SMILES string of the molecule is CCOC(=O)c1c(-c2ccccc2)c(-c2ccccc2)nn(CCCc2ccccc2)c1=O. The van der Waals surface area contributed by atoms with Crippen LogP contribution in [0.15, 0.2) is 95.8 Å². The molecule has 4 aromatic rings. The molecule has 0 fully saturated rings. The van der Waals surface area contributed by atoms with E-state index in [4.69, 9.17) is 9.84 Å². The molecule has 0 radical (unpaired) electrons. The molecule has 0 saturated carbocycles. The zero-order valence-corrected chi connectivity index (χ0v) is 18.6. The molecular weight excluding hydrogens is 412 g/mol. The van der Waals surface area contributed by atoms with Gasteiger partial charge in [0.15, 0.2) is 0 Å². The summed E-state index contributed by atoms with van der Waals surface area (Å²) in [4.78, 5) is 26.5. The van der Waals surface area contributed by atoms with Gasteiger partial charge in [0.05, 0.1) is 12.3 Å². The summed E-state index contributed by atoms with van der Waals surface area (Å²) in [6.07, 6.45) is 1.53. The van der Waals surface area contributed by atoms with Gasteiger partial charge in [-0.25, -0.2) is 9.48 Å². The van der Waals surface area contributed by atoms with Crippen LogP contribution in [0.4, 0.5) is 0 Å². The van der Waals surface area contributed by atoms with Crippen molar-refractivity contribution in [2.24, 2.45) is 0 Å². The van der Waals surface area contributed by atoms with Gasteiger partial charge in [-0.05, 0) is 30.9 Å². The minimum Gasteiger partial charge on any atom is -0.462 e. The number of nitrogens with zero attached hydrogens (tertiary/aromatic N) is 2. The summed E-state index contributed by atoms with van der Waals surface area (Å²) in [6.45, 7) is 2.32. The van der Waals surface area contributed by atoms with E-state index in [-0.39, 0.29) is 12.2 Å². The lowest BCUT2D eigenvalue weighted by Gasteiger charge is -2.17. The third-order valence-electron chi connectivity index (χ3n) is 5.42. The first kappa shape index (κ1) is 22.2. The summed E-state index contributed by atoms with van der Waals surface area (Å²) in [6, 6.07) is 29.2. The lowest BCUT2D eigenvalue weighted by Crippen LogP contribution is -2.31. The molecule has 166 valence electrons. The van der Waals surface area contributed by atoms with Crippen molar-refractivity contribution in [1.29, 1.82) is 0 Å². The summed E-state index contributed by atoms with van der Waals surface area (Å²) in [5.74, 6) is -0.627. The quantitative estimate of drug-likeness (QED) is 0.346. The fourth-order valence-corrected chi connectivity index (χ4v) is 3.88. The second-order valence-electron chi connectivity index (χ2n) is 7.67. The van der Waals surface area contributed by atoms with Gasteiger partial charge in [0.2, 0.25) is 0 Å². The van der Waals surface area contributed by atoms with Gasteiger partial charge >= 0.3 is 5.97 Å². The number of ether oxygens (including phenoxy) is 1. The van der Waals surface area contributed by atoms with Crippen molar-refractivity contribution in [1.82, 2.24) is 9.78 Å². The van der Waals surface area contributed by atoms with E-state index in [1.54, 1.807) is 6.92 Å². The molecule has 0 spiro atoms. The molecule has 0 saturated heterocycles. The van der Waals surface area contributed by atoms with Crippen LogP contribution in [0.2, 0.25) is 0 Å². The lowest BCUT2D eigenvalue weighted by molar-refractivity contribution is 0.0524. The summed E-state index contributed by atoms with van der Waals surface area (Å²) in [5, 5.41) is 4.75. The standard InChI is InChI=1S/C28H26N2O3/c1-2-33-28(32)25-24(22-16-8-4-9-17-22)26(23-18-10-5-11-19-23)29-30(27(25)31)20-12-15-21-13-6-3-7-14-21/h3-11,13-14,16-19H,2,12,15,20H2,1H3. The molecule has 0 bridgehead atoms. The monoisotopic (exact) mass is 438 g/mol. The van der Waals surface area contributed by atoms with Crippen LogP contribution in [0.1, 0.15) is 29.3 Å². The Morgan fingerprint density at radius 2 is 1.42 bits per heavy atom. The maximum absolute atomic E-state index is 13.5. The molecule has 4 rings (SSSR count). The number of hydrogen-bond donors (Lipinski definition) is 0. The lowest BCUT2D eigenvalue weighted by atomic mass is 9.95. The summed E-state index contributed by atoms with van der Waals surface area (Å²) in [7, 11) is 0. The highest BCUT2D eigenvalue weighted by Gasteiger charge is 2.26. The average molecular weight is 439 g/mol. The second kappa shape index (κ2) is 10.6. The molecule has 0 N–H and O–H groups in total. The minimum atomic E-state index is -0.627. The van der Waals surface area contributed by atoms with Crippen LogP contribution in [0, 0.1) is 0 Å². The van der Waals surface area contributed by atoms with Gasteiger partial charge in [-0.1, -0.05) is 91.0 Å². The Morgan fingerprint density at radius 1 is 0.848 bits per heavy atom. The number of carbonyl (C=O) groups excluding carboxylic acids is 1. The molecule has 3 aromatic carbocycles. The molecule has 0 aliphatic heterocycles. The molecule has 0 amide bonds. The molecular formula is C28H26N2O3. The second-order valence-corrected chi connectivity index (χ2v) is 7.67. The zero-order valence-electron chi connectivity index (χ0n) is 18.6. The molecule has 1 heterocycles. The van der Waals surface area contributed by atoms with Crippen LogP contribution in [-0.2, 0) is 17.7 Å². The Bertz CT molecular complexity index is 1270. The molecule has 0 unspecified atom stereocenters. The van der Waals surface area contributed by atoms with Crippen LogP contribution >= 0.6 is 0 Å². The van der Waals surface area contributed by atoms with Crippen LogP contribution in [0.25, 0.3) is 22.4 Å². The first-order valence-corrected chi connectivity index (χ1v) is 11.2. The highest BCUT2D eigenvalue weighted by atomic mass is 16.5. The van der Waals surface area contributed by atoms with Crippen molar-refractivity contribution in [2.75, 3.05) is 6.61 Å². The van der Waals surface area contributed by atoms with Gasteiger partial charge in [0.25, 0.3) is 5.56 Å². The summed E-state index contributed by atoms with van der Waals surface area (Å²) in [5.41, 5.74) is 3.46. The van der Waals surface area contributed by atoms with E-state index < -0.39 is 11.5 Å². The summed E-state index contributed by atoms with van der Waals surface area (Å²) < 4.78 is 6.72. The Balaban J connectivity index is 1.85. The van der Waals surface area contributed by atoms with Crippen LogP contribution in [0.3, 0.4) is 0 Å². The van der Waals surface area contributed by atoms with E-state index in [2.05, 4.69) is 12.1 Å². The van der Waals surface area contributed by atoms with E-state index in [0.717, 1.165) is 24.0 Å². The van der Waals surface area contributed by atoms with E-state index >= 15 is 0 Å². The molecule has 1 aromatic heterocycles. The fraction of sp³-hybridized carbons (Fsp3) is 0.179. The van der Waals surface area contributed by atoms with Crippen LogP contribution in [-0.4, -0.2) is 22.4 Å². The number of aryl methyl sites for hydroxylation is 2. The van der Waals surface area contributed by atoms with Gasteiger partial charge in [-0.2, -0.15) is 5.10 Å². The topological polar surface area (TPSA) is 61.2 Å². The van der Waals surface area contributed by atoms with Gasteiger partial charge in [-0.15, -0.1) is 0 Å². The van der Waals surface area contributed by atoms with Crippen LogP contribution in [0.5, 0.6) is 0 Å². The predicted molar refractivity (Wildman–Crippen MR) is 130 cm³/mol. The Labute approximate surface area is 193 Å². The maximum atomic E-state index is 13.5. The third-order valence-corrected chi connectivity index (χ3v) is 5.42. The number of hydrogen-bond acceptors (Lipinski definition) is 4. The fourth-order valence-electron chi connectivity index (χ4n) is 3.88. The zero-order chi connectivity index (χ0) is 23.0. The van der Waals surface area contributed by atoms with Gasteiger partial charge in [0.1, 0.15) is 5.56 Å². The Morgan fingerprint density at radius 3 is 2.03 bits per heavy atom. The van der Waals surface area contributed by atoms with Crippen molar-refractivity contribution >= 4 is 5.97 Å². The maximum Gasteiger partial charge on any atom is 0.344 e. The number of esters is 1. The molecule has 5 heteroatoms. The number of rotatable bonds is 8. The summed E-state index contributed by atoms with van der Waals surface area (Å²) >= 11 is 0. The first-order chi connectivity index (χ1) is 16.2. The third kappa shape index (κ3) is 5.09. The normalized spacial score (nSPS) is 10.7. The van der Waals surface area contributed by atoms with Crippen molar-refractivity contribution < 1.29 is 9.53 Å². The Hall–Kier alpha value is -3.99. The molecule has 33 heavy (non-hydrogen) atoms. The number of carbonyl (C=O) groups is 1. The molecule has 0 aliphatic rings. The highest BCUT2D eigenvalue weighted by Crippen LogP contribution is 2.32. The minimum absolute atomic E-state index is 0.0246. The smallest absolute Gasteiger partial charge is 0.344 e. The Kier molecular flexibility index (Phi) is 7.10.